The number of nitrogens with zero attached hydrogens (tertiary/aromatic N) is 4. The number of hydrogen-bond acceptors (Lipinski definition) is 4. The molecule has 0 atom stereocenters. The van der Waals surface area contributed by atoms with Crippen molar-refractivity contribution in [3.05, 3.63) is 34.6 Å². The van der Waals surface area contributed by atoms with Crippen molar-refractivity contribution in [2.75, 3.05) is 7.11 Å². The summed E-state index contributed by atoms with van der Waals surface area (Å²) in [4.78, 5) is 0. The standard InChI is InChI=1S/C14H15ClN4O/c1-3-4-5-12-11(9-16)17-18-19(12)13-8-10(15)6-7-14(13)20-2/h6-8H,3-5H2,1-2H3. The first-order valence-corrected chi connectivity index (χ1v) is 6.77. The molecule has 0 bridgehead atoms. The van der Waals surface area contributed by atoms with Crippen molar-refractivity contribution in [2.45, 2.75) is 26.2 Å². The average molecular weight is 291 g/mol. The van der Waals surface area contributed by atoms with Crippen molar-refractivity contribution in [1.82, 2.24) is 15.0 Å². The summed E-state index contributed by atoms with van der Waals surface area (Å²) in [5, 5.41) is 17.7. The highest BCUT2D eigenvalue weighted by molar-refractivity contribution is 6.30. The van der Waals surface area contributed by atoms with E-state index in [-0.39, 0.29) is 0 Å². The second-order valence-electron chi connectivity index (χ2n) is 4.33. The predicted octanol–water partition coefficient (Wildman–Crippen LogP) is 3.14. The fourth-order valence-corrected chi connectivity index (χ4v) is 2.15. The Morgan fingerprint density at radius 3 is 2.90 bits per heavy atom. The second-order valence-corrected chi connectivity index (χ2v) is 4.76. The molecule has 0 unspecified atom stereocenters. The number of rotatable bonds is 5. The number of aromatic nitrogens is 3. The van der Waals surface area contributed by atoms with Crippen molar-refractivity contribution >= 4 is 11.6 Å². The summed E-state index contributed by atoms with van der Waals surface area (Å²) >= 11 is 6.04. The van der Waals surface area contributed by atoms with E-state index in [0.717, 1.165) is 25.0 Å². The number of methoxy groups -OCH3 is 1. The summed E-state index contributed by atoms with van der Waals surface area (Å²) in [6, 6.07) is 7.35. The first-order chi connectivity index (χ1) is 9.71. The van der Waals surface area contributed by atoms with E-state index in [1.807, 2.05) is 0 Å². The van der Waals surface area contributed by atoms with Gasteiger partial charge in [0, 0.05) is 5.02 Å². The van der Waals surface area contributed by atoms with Gasteiger partial charge >= 0.3 is 0 Å². The molecule has 0 amide bonds. The Bertz CT molecular complexity index is 645. The third kappa shape index (κ3) is 2.75. The summed E-state index contributed by atoms with van der Waals surface area (Å²) in [5.41, 5.74) is 1.83. The lowest BCUT2D eigenvalue weighted by atomic mass is 10.1. The predicted molar refractivity (Wildman–Crippen MR) is 76.2 cm³/mol. The van der Waals surface area contributed by atoms with Crippen LogP contribution in [0.2, 0.25) is 5.02 Å². The zero-order chi connectivity index (χ0) is 14.5. The molecule has 0 saturated heterocycles. The van der Waals surface area contributed by atoms with E-state index in [2.05, 4.69) is 23.3 Å². The molecule has 0 radical (unpaired) electrons. The van der Waals surface area contributed by atoms with Crippen LogP contribution >= 0.6 is 11.6 Å². The van der Waals surface area contributed by atoms with Crippen molar-refractivity contribution < 1.29 is 4.74 Å². The van der Waals surface area contributed by atoms with Crippen LogP contribution in [0.3, 0.4) is 0 Å². The molecule has 2 rings (SSSR count). The lowest BCUT2D eigenvalue weighted by molar-refractivity contribution is 0.411. The molecule has 20 heavy (non-hydrogen) atoms. The van der Waals surface area contributed by atoms with Gasteiger partial charge < -0.3 is 4.74 Å². The Morgan fingerprint density at radius 1 is 1.45 bits per heavy atom. The van der Waals surface area contributed by atoms with Crippen LogP contribution in [0.1, 0.15) is 31.2 Å². The minimum atomic E-state index is 0.348. The number of halogens is 1. The van der Waals surface area contributed by atoms with E-state index in [9.17, 15) is 0 Å². The molecule has 5 nitrogen and oxygen atoms in total. The third-order valence-electron chi connectivity index (χ3n) is 3.01. The maximum Gasteiger partial charge on any atom is 0.186 e. The highest BCUT2D eigenvalue weighted by atomic mass is 35.5. The second kappa shape index (κ2) is 6.40. The third-order valence-corrected chi connectivity index (χ3v) is 3.24. The van der Waals surface area contributed by atoms with Crippen LogP contribution in [0, 0.1) is 11.3 Å². The molecule has 104 valence electrons. The summed E-state index contributed by atoms with van der Waals surface area (Å²) < 4.78 is 6.96. The summed E-state index contributed by atoms with van der Waals surface area (Å²) in [5.74, 6) is 0.640. The fraction of sp³-hybridized carbons (Fsp3) is 0.357. The van der Waals surface area contributed by atoms with E-state index < -0.39 is 0 Å². The van der Waals surface area contributed by atoms with Crippen molar-refractivity contribution in [2.24, 2.45) is 0 Å². The van der Waals surface area contributed by atoms with Crippen molar-refractivity contribution in [3.63, 3.8) is 0 Å². The summed E-state index contributed by atoms with van der Waals surface area (Å²) in [6.07, 6.45) is 2.73. The van der Waals surface area contributed by atoms with Gasteiger partial charge in [0.1, 0.15) is 17.5 Å². The molecule has 6 heteroatoms. The first-order valence-electron chi connectivity index (χ1n) is 6.39. The molecule has 0 aliphatic carbocycles. The Kier molecular flexibility index (Phi) is 4.59. The number of hydrogen-bond donors (Lipinski definition) is 0. The van der Waals surface area contributed by atoms with Crippen LogP contribution in [0.25, 0.3) is 5.69 Å². The van der Waals surface area contributed by atoms with Crippen LogP contribution in [0.5, 0.6) is 5.75 Å². The fourth-order valence-electron chi connectivity index (χ4n) is 1.98. The Labute approximate surface area is 122 Å². The van der Waals surface area contributed by atoms with Gasteiger partial charge in [0.25, 0.3) is 0 Å². The topological polar surface area (TPSA) is 63.7 Å². The van der Waals surface area contributed by atoms with Gasteiger partial charge in [0.2, 0.25) is 0 Å². The molecule has 0 fully saturated rings. The summed E-state index contributed by atoms with van der Waals surface area (Å²) in [6.45, 7) is 2.10. The molecule has 0 aliphatic heterocycles. The molecule has 2 aromatic rings. The van der Waals surface area contributed by atoms with E-state index >= 15 is 0 Å². The normalized spacial score (nSPS) is 10.3. The zero-order valence-corrected chi connectivity index (χ0v) is 12.2. The van der Waals surface area contributed by atoms with E-state index in [4.69, 9.17) is 21.6 Å². The Balaban J connectivity index is 2.55. The van der Waals surface area contributed by atoms with Gasteiger partial charge in [-0.25, -0.2) is 4.68 Å². The highest BCUT2D eigenvalue weighted by Gasteiger charge is 2.16. The molecule has 1 aromatic heterocycles. The molecule has 0 spiro atoms. The molecule has 1 aromatic carbocycles. The van der Waals surface area contributed by atoms with Gasteiger partial charge in [0.05, 0.1) is 12.8 Å². The van der Waals surface area contributed by atoms with Gasteiger partial charge in [-0.15, -0.1) is 5.10 Å². The van der Waals surface area contributed by atoms with Crippen LogP contribution in [0.15, 0.2) is 18.2 Å². The van der Waals surface area contributed by atoms with E-state index in [1.165, 1.54) is 0 Å². The number of nitriles is 1. The van der Waals surface area contributed by atoms with Gasteiger partial charge in [-0.3, -0.25) is 0 Å². The van der Waals surface area contributed by atoms with Gasteiger partial charge in [0.15, 0.2) is 5.69 Å². The molecular formula is C14H15ClN4O. The van der Waals surface area contributed by atoms with Crippen molar-refractivity contribution in [1.29, 1.82) is 5.26 Å². The maximum atomic E-state index is 9.14. The Morgan fingerprint density at radius 2 is 2.25 bits per heavy atom. The SMILES string of the molecule is CCCCc1c(C#N)nnn1-c1cc(Cl)ccc1OC. The lowest BCUT2D eigenvalue weighted by Crippen LogP contribution is -2.05. The first kappa shape index (κ1) is 14.4. The van der Waals surface area contributed by atoms with E-state index in [0.29, 0.717) is 22.2 Å². The molecule has 0 N–H and O–H groups in total. The van der Waals surface area contributed by atoms with Crippen molar-refractivity contribution in [3.8, 4) is 17.5 Å². The summed E-state index contributed by atoms with van der Waals surface area (Å²) in [7, 11) is 1.58. The molecule has 1 heterocycles. The smallest absolute Gasteiger partial charge is 0.186 e. The van der Waals surface area contributed by atoms with Crippen LogP contribution in [-0.2, 0) is 6.42 Å². The maximum absolute atomic E-state index is 9.14. The van der Waals surface area contributed by atoms with Crippen LogP contribution < -0.4 is 4.74 Å². The average Bonchev–Trinajstić information content (AvgIpc) is 2.87. The van der Waals surface area contributed by atoms with Gasteiger partial charge in [-0.1, -0.05) is 30.2 Å². The quantitative estimate of drug-likeness (QED) is 0.848. The minimum Gasteiger partial charge on any atom is -0.494 e. The largest absolute Gasteiger partial charge is 0.494 e. The molecular weight excluding hydrogens is 276 g/mol. The number of benzene rings is 1. The lowest BCUT2D eigenvalue weighted by Gasteiger charge is -2.11. The number of ether oxygens (including phenoxy) is 1. The minimum absolute atomic E-state index is 0.348. The highest BCUT2D eigenvalue weighted by Crippen LogP contribution is 2.27. The Hall–Kier alpha value is -2.06. The van der Waals surface area contributed by atoms with Gasteiger partial charge in [-0.2, -0.15) is 5.26 Å². The van der Waals surface area contributed by atoms with E-state index in [1.54, 1.807) is 30.0 Å². The van der Waals surface area contributed by atoms with Crippen LogP contribution in [0.4, 0.5) is 0 Å². The molecule has 0 aliphatic rings. The monoisotopic (exact) mass is 290 g/mol. The molecule has 0 saturated carbocycles. The number of unbranched alkanes of at least 4 members (excludes halogenated alkanes) is 1. The van der Waals surface area contributed by atoms with Crippen LogP contribution in [-0.4, -0.2) is 22.1 Å². The van der Waals surface area contributed by atoms with Gasteiger partial charge in [-0.05, 0) is 31.0 Å². The zero-order valence-electron chi connectivity index (χ0n) is 11.4.